The summed E-state index contributed by atoms with van der Waals surface area (Å²) >= 11 is 0. The first-order valence-corrected chi connectivity index (χ1v) is 10.8. The van der Waals surface area contributed by atoms with Gasteiger partial charge in [-0.3, -0.25) is 14.3 Å². The summed E-state index contributed by atoms with van der Waals surface area (Å²) in [7, 11) is 1.64. The molecule has 0 aliphatic carbocycles. The topological polar surface area (TPSA) is 73.1 Å². The first-order valence-electron chi connectivity index (χ1n) is 10.8. The van der Waals surface area contributed by atoms with Gasteiger partial charge in [0.05, 0.1) is 25.4 Å². The molecule has 0 N–H and O–H groups in total. The van der Waals surface area contributed by atoms with Crippen molar-refractivity contribution in [1.82, 2.24) is 24.4 Å². The highest BCUT2D eigenvalue weighted by molar-refractivity contribution is 5.79. The van der Waals surface area contributed by atoms with Gasteiger partial charge in [-0.25, -0.2) is 9.97 Å². The van der Waals surface area contributed by atoms with Crippen molar-refractivity contribution in [2.24, 2.45) is 0 Å². The number of carbonyl (C=O) groups is 1. The Morgan fingerprint density at radius 3 is 2.77 bits per heavy atom. The number of carbonyl (C=O) groups excluding carboxylic acids is 1. The Kier molecular flexibility index (Phi) is 6.30. The number of ether oxygens (including phenoxy) is 1. The lowest BCUT2D eigenvalue weighted by Crippen LogP contribution is -2.40. The molecule has 3 heterocycles. The Hall–Kier alpha value is -3.22. The smallest absolute Gasteiger partial charge is 0.227 e. The lowest BCUT2D eigenvalue weighted by molar-refractivity contribution is -0.131. The number of benzene rings is 1. The number of amides is 1. The van der Waals surface area contributed by atoms with Crippen molar-refractivity contribution >= 4 is 5.91 Å². The number of likely N-dealkylation sites (tertiary alicyclic amines) is 1. The molecule has 1 aromatic carbocycles. The van der Waals surface area contributed by atoms with Crippen molar-refractivity contribution < 1.29 is 9.53 Å². The van der Waals surface area contributed by atoms with Crippen LogP contribution in [0.15, 0.2) is 49.1 Å². The van der Waals surface area contributed by atoms with E-state index in [-0.39, 0.29) is 11.8 Å². The molecule has 1 amide bonds. The van der Waals surface area contributed by atoms with Crippen LogP contribution >= 0.6 is 0 Å². The fraction of sp³-hybridized carbons (Fsp3) is 0.417. The van der Waals surface area contributed by atoms with E-state index in [1.807, 2.05) is 46.1 Å². The van der Waals surface area contributed by atoms with Crippen LogP contribution in [0.5, 0.6) is 5.75 Å². The number of piperidine rings is 1. The molecule has 1 aliphatic heterocycles. The van der Waals surface area contributed by atoms with Gasteiger partial charge in [0.2, 0.25) is 5.91 Å². The minimum absolute atomic E-state index is 0.149. The molecule has 1 fully saturated rings. The van der Waals surface area contributed by atoms with Crippen LogP contribution in [0.1, 0.15) is 55.6 Å². The van der Waals surface area contributed by atoms with E-state index in [9.17, 15) is 4.79 Å². The average molecular weight is 420 g/mol. The number of hydrogen-bond acceptors (Lipinski definition) is 5. The van der Waals surface area contributed by atoms with E-state index in [2.05, 4.69) is 23.8 Å². The van der Waals surface area contributed by atoms with E-state index in [1.54, 1.807) is 19.5 Å². The van der Waals surface area contributed by atoms with E-state index in [0.717, 1.165) is 48.0 Å². The molecule has 1 atom stereocenters. The molecule has 0 bridgehead atoms. The fourth-order valence-corrected chi connectivity index (χ4v) is 4.09. The van der Waals surface area contributed by atoms with Gasteiger partial charge in [-0.15, -0.1) is 0 Å². The largest absolute Gasteiger partial charge is 0.497 e. The van der Waals surface area contributed by atoms with Crippen molar-refractivity contribution in [3.8, 4) is 11.6 Å². The highest BCUT2D eigenvalue weighted by Crippen LogP contribution is 2.27. The predicted molar refractivity (Wildman–Crippen MR) is 118 cm³/mol. The molecule has 7 heteroatoms. The zero-order valence-electron chi connectivity index (χ0n) is 18.4. The molecule has 4 rings (SSSR count). The van der Waals surface area contributed by atoms with Gasteiger partial charge in [-0.1, -0.05) is 26.0 Å². The predicted octanol–water partition coefficient (Wildman–Crippen LogP) is 3.74. The fourth-order valence-electron chi connectivity index (χ4n) is 4.09. The number of nitrogens with zero attached hydrogens (tertiary/aromatic N) is 5. The number of rotatable bonds is 6. The van der Waals surface area contributed by atoms with Gasteiger partial charge in [-0.05, 0) is 30.5 Å². The highest BCUT2D eigenvalue weighted by atomic mass is 16.5. The number of imidazole rings is 1. The summed E-state index contributed by atoms with van der Waals surface area (Å²) in [6, 6.07) is 7.68. The van der Waals surface area contributed by atoms with Crippen LogP contribution < -0.4 is 4.74 Å². The summed E-state index contributed by atoms with van der Waals surface area (Å²) in [4.78, 5) is 28.7. The molecule has 0 saturated carbocycles. The second-order valence-corrected chi connectivity index (χ2v) is 8.32. The minimum Gasteiger partial charge on any atom is -0.497 e. The molecule has 7 nitrogen and oxygen atoms in total. The van der Waals surface area contributed by atoms with Crippen molar-refractivity contribution in [2.75, 3.05) is 20.2 Å². The summed E-state index contributed by atoms with van der Waals surface area (Å²) < 4.78 is 7.19. The third kappa shape index (κ3) is 4.76. The molecule has 0 radical (unpaired) electrons. The summed E-state index contributed by atoms with van der Waals surface area (Å²) in [5, 5.41) is 0. The monoisotopic (exact) mass is 419 g/mol. The Labute approximate surface area is 183 Å². The van der Waals surface area contributed by atoms with Crippen molar-refractivity contribution in [2.45, 2.75) is 44.9 Å². The van der Waals surface area contributed by atoms with Crippen LogP contribution in [0.25, 0.3) is 5.82 Å². The van der Waals surface area contributed by atoms with E-state index in [0.29, 0.717) is 18.9 Å². The third-order valence-corrected chi connectivity index (χ3v) is 5.78. The number of methoxy groups -OCH3 is 1. The standard InChI is InChI=1S/C24H29N5O2/c1-17(2)24-26-10-12-29(24)22-15-25-14-21(27-22)19-5-4-11-28(16-19)23(30)13-18-6-8-20(31-3)9-7-18/h6-10,12,14-15,17,19H,4-5,11,13,16H2,1-3H3/t19-/m0/s1. The van der Waals surface area contributed by atoms with Gasteiger partial charge in [0.25, 0.3) is 0 Å². The molecule has 1 saturated heterocycles. The maximum atomic E-state index is 12.9. The summed E-state index contributed by atoms with van der Waals surface area (Å²) in [5.41, 5.74) is 1.93. The summed E-state index contributed by atoms with van der Waals surface area (Å²) in [6.07, 6.45) is 9.69. The first-order chi connectivity index (χ1) is 15.0. The van der Waals surface area contributed by atoms with Crippen LogP contribution in [0.4, 0.5) is 0 Å². The van der Waals surface area contributed by atoms with Crippen LogP contribution in [0.3, 0.4) is 0 Å². The number of aromatic nitrogens is 4. The van der Waals surface area contributed by atoms with E-state index < -0.39 is 0 Å². The molecule has 3 aromatic rings. The molecular weight excluding hydrogens is 390 g/mol. The molecule has 162 valence electrons. The molecular formula is C24H29N5O2. The van der Waals surface area contributed by atoms with Gasteiger partial charge < -0.3 is 9.64 Å². The molecule has 0 unspecified atom stereocenters. The van der Waals surface area contributed by atoms with Crippen molar-refractivity contribution in [3.05, 3.63) is 66.1 Å². The maximum Gasteiger partial charge on any atom is 0.227 e. The molecule has 1 aliphatic rings. The lowest BCUT2D eigenvalue weighted by atomic mass is 9.94. The SMILES string of the molecule is COc1ccc(CC(=O)N2CCC[C@H](c3cncc(-n4ccnc4C(C)C)n3)C2)cc1. The van der Waals surface area contributed by atoms with E-state index >= 15 is 0 Å². The van der Waals surface area contributed by atoms with Crippen LogP contribution in [-0.4, -0.2) is 50.5 Å². The van der Waals surface area contributed by atoms with Crippen LogP contribution in [-0.2, 0) is 11.2 Å². The van der Waals surface area contributed by atoms with Gasteiger partial charge in [0.1, 0.15) is 11.6 Å². The van der Waals surface area contributed by atoms with Crippen molar-refractivity contribution in [1.29, 1.82) is 0 Å². The quantitative estimate of drug-likeness (QED) is 0.609. The Bertz CT molecular complexity index is 1030. The Balaban J connectivity index is 1.47. The van der Waals surface area contributed by atoms with Crippen LogP contribution in [0.2, 0.25) is 0 Å². The Morgan fingerprint density at radius 1 is 1.23 bits per heavy atom. The second-order valence-electron chi connectivity index (χ2n) is 8.32. The molecule has 31 heavy (non-hydrogen) atoms. The van der Waals surface area contributed by atoms with Gasteiger partial charge >= 0.3 is 0 Å². The van der Waals surface area contributed by atoms with Gasteiger partial charge in [0, 0.05) is 43.5 Å². The molecule has 2 aromatic heterocycles. The summed E-state index contributed by atoms with van der Waals surface area (Å²) in [6.45, 7) is 5.69. The third-order valence-electron chi connectivity index (χ3n) is 5.78. The lowest BCUT2D eigenvalue weighted by Gasteiger charge is -2.32. The second kappa shape index (κ2) is 9.29. The van der Waals surface area contributed by atoms with E-state index in [4.69, 9.17) is 9.72 Å². The molecule has 0 spiro atoms. The van der Waals surface area contributed by atoms with Gasteiger partial charge in [0.15, 0.2) is 5.82 Å². The highest BCUT2D eigenvalue weighted by Gasteiger charge is 2.26. The van der Waals surface area contributed by atoms with Crippen molar-refractivity contribution in [3.63, 3.8) is 0 Å². The van der Waals surface area contributed by atoms with Gasteiger partial charge in [-0.2, -0.15) is 0 Å². The maximum absolute atomic E-state index is 12.9. The zero-order valence-corrected chi connectivity index (χ0v) is 18.4. The zero-order chi connectivity index (χ0) is 21.8. The van der Waals surface area contributed by atoms with Crippen LogP contribution in [0, 0.1) is 0 Å². The average Bonchev–Trinajstić information content (AvgIpc) is 3.30. The normalized spacial score (nSPS) is 16.5. The Morgan fingerprint density at radius 2 is 2.03 bits per heavy atom. The van der Waals surface area contributed by atoms with E-state index in [1.165, 1.54) is 0 Å². The summed E-state index contributed by atoms with van der Waals surface area (Å²) in [5.74, 6) is 3.17. The minimum atomic E-state index is 0.149. The number of hydrogen-bond donors (Lipinski definition) is 0. The first kappa shape index (κ1) is 21.0.